The maximum atomic E-state index is 13.0. The molecule has 11 nitrogen and oxygen atoms in total. The molecule has 0 aliphatic carbocycles. The lowest BCUT2D eigenvalue weighted by molar-refractivity contribution is 0.0935. The summed E-state index contributed by atoms with van der Waals surface area (Å²) in [5.41, 5.74) is 1.52. The summed E-state index contributed by atoms with van der Waals surface area (Å²) in [5.74, 6) is 2.81. The van der Waals surface area contributed by atoms with Crippen molar-refractivity contribution in [3.8, 4) is 0 Å². The third-order valence-corrected chi connectivity index (χ3v) is 8.24. The topological polar surface area (TPSA) is 131 Å². The van der Waals surface area contributed by atoms with Crippen molar-refractivity contribution in [2.75, 3.05) is 51.3 Å². The summed E-state index contributed by atoms with van der Waals surface area (Å²) in [6, 6.07) is 7.63. The second kappa shape index (κ2) is 13.4. The van der Waals surface area contributed by atoms with E-state index in [-0.39, 0.29) is 18.1 Å². The zero-order valence-corrected chi connectivity index (χ0v) is 22.9. The van der Waals surface area contributed by atoms with Gasteiger partial charge in [0.2, 0.25) is 0 Å². The molecule has 39 heavy (non-hydrogen) atoms. The van der Waals surface area contributed by atoms with Gasteiger partial charge in [-0.15, -0.1) is 10.2 Å². The Balaban J connectivity index is 1.22. The van der Waals surface area contributed by atoms with Gasteiger partial charge in [0.1, 0.15) is 0 Å². The average Bonchev–Trinajstić information content (AvgIpc) is 3.59. The Morgan fingerprint density at radius 1 is 1.21 bits per heavy atom. The van der Waals surface area contributed by atoms with Crippen molar-refractivity contribution < 1.29 is 9.90 Å². The van der Waals surface area contributed by atoms with Crippen LogP contribution in [0.4, 0.5) is 5.69 Å². The van der Waals surface area contributed by atoms with Crippen LogP contribution in [0.5, 0.6) is 0 Å². The molecular formula is C28H43N9O2. The van der Waals surface area contributed by atoms with E-state index in [1.165, 1.54) is 0 Å². The number of β-amino-alcohol motifs (C(OH)–C–C–N with tert-alkyl or cyclic N) is 1. The molecule has 5 rings (SSSR count). The van der Waals surface area contributed by atoms with Crippen LogP contribution in [-0.4, -0.2) is 82.7 Å². The number of aliphatic hydroxyl groups excluding tert-OH is 1. The molecule has 6 N–H and O–H groups in total. The van der Waals surface area contributed by atoms with Gasteiger partial charge in [0.25, 0.3) is 5.91 Å². The number of anilines is 1. The smallest absolute Gasteiger partial charge is 0.251 e. The Hall–Kier alpha value is -2.99. The number of benzene rings is 1. The van der Waals surface area contributed by atoms with Gasteiger partial charge in [0, 0.05) is 44.0 Å². The number of nitrogens with zero attached hydrogens (tertiary/aromatic N) is 4. The molecule has 4 heterocycles. The number of nitrogens with one attached hydrogen (secondary N) is 5. The number of carbonyl (C=O) groups is 1. The van der Waals surface area contributed by atoms with Gasteiger partial charge in [-0.05, 0) is 68.2 Å². The van der Waals surface area contributed by atoms with Crippen LogP contribution in [0, 0.1) is 11.8 Å². The van der Waals surface area contributed by atoms with Crippen molar-refractivity contribution in [3.63, 3.8) is 0 Å². The van der Waals surface area contributed by atoms with Gasteiger partial charge in [-0.3, -0.25) is 15.0 Å². The van der Waals surface area contributed by atoms with Crippen molar-refractivity contribution in [2.45, 2.75) is 51.4 Å². The van der Waals surface area contributed by atoms with E-state index in [4.69, 9.17) is 0 Å². The molecule has 0 radical (unpaired) electrons. The Morgan fingerprint density at radius 3 is 2.92 bits per heavy atom. The lowest BCUT2D eigenvalue weighted by atomic mass is 9.84. The van der Waals surface area contributed by atoms with Crippen molar-refractivity contribution in [2.24, 2.45) is 11.8 Å². The Morgan fingerprint density at radius 2 is 2.13 bits per heavy atom. The molecule has 2 saturated heterocycles. The van der Waals surface area contributed by atoms with Crippen molar-refractivity contribution in [1.82, 2.24) is 40.9 Å². The number of aliphatic hydroxyl groups is 1. The number of rotatable bonds is 11. The second-order valence-electron chi connectivity index (χ2n) is 10.9. The fraction of sp³-hybridized carbons (Fsp3) is 0.607. The molecular weight excluding hydrogens is 494 g/mol. The second-order valence-corrected chi connectivity index (χ2v) is 10.9. The normalized spacial score (nSPS) is 25.4. The van der Waals surface area contributed by atoms with Crippen LogP contribution >= 0.6 is 0 Å². The molecule has 3 unspecified atom stereocenters. The first-order valence-electron chi connectivity index (χ1n) is 14.4. The molecule has 1 aromatic heterocycles. The molecule has 1 aromatic carbocycles. The number of piperidine rings is 1. The van der Waals surface area contributed by atoms with E-state index in [2.05, 4.69) is 59.2 Å². The largest absolute Gasteiger partial charge is 0.392 e. The SMILES string of the molecule is CCC1CNCCC1CNC(=O)c1cccc(NCc2nnc(C3C=CNCN3)n2CCN2CC[C@@H](O)C2)c1. The molecule has 1 amide bonds. The number of likely N-dealkylation sites (tertiary alicyclic amines) is 1. The summed E-state index contributed by atoms with van der Waals surface area (Å²) >= 11 is 0. The van der Waals surface area contributed by atoms with Crippen LogP contribution in [0.3, 0.4) is 0 Å². The molecule has 0 saturated carbocycles. The molecule has 3 aliphatic heterocycles. The third-order valence-electron chi connectivity index (χ3n) is 8.24. The van der Waals surface area contributed by atoms with E-state index < -0.39 is 0 Å². The monoisotopic (exact) mass is 537 g/mol. The molecule has 212 valence electrons. The Labute approximate surface area is 230 Å². The lowest BCUT2D eigenvalue weighted by Crippen LogP contribution is -2.42. The summed E-state index contributed by atoms with van der Waals surface area (Å²) in [5, 5.41) is 35.6. The third kappa shape index (κ3) is 7.16. The summed E-state index contributed by atoms with van der Waals surface area (Å²) < 4.78 is 2.17. The molecule has 3 aliphatic rings. The summed E-state index contributed by atoms with van der Waals surface area (Å²) in [7, 11) is 0. The zero-order valence-electron chi connectivity index (χ0n) is 22.9. The highest BCUT2D eigenvalue weighted by atomic mass is 16.3. The van der Waals surface area contributed by atoms with E-state index in [1.807, 2.05) is 30.5 Å². The average molecular weight is 538 g/mol. The number of amides is 1. The molecule has 0 spiro atoms. The van der Waals surface area contributed by atoms with Crippen molar-refractivity contribution in [3.05, 3.63) is 53.8 Å². The molecule has 2 aromatic rings. The maximum absolute atomic E-state index is 13.0. The quantitative estimate of drug-likeness (QED) is 0.249. The lowest BCUT2D eigenvalue weighted by Gasteiger charge is -2.31. The zero-order chi connectivity index (χ0) is 27.0. The highest BCUT2D eigenvalue weighted by Gasteiger charge is 2.25. The number of hydrogen-bond acceptors (Lipinski definition) is 9. The minimum atomic E-state index is -0.238. The van der Waals surface area contributed by atoms with Crippen molar-refractivity contribution >= 4 is 11.6 Å². The van der Waals surface area contributed by atoms with Crippen LogP contribution in [0.25, 0.3) is 0 Å². The minimum absolute atomic E-state index is 0.0176. The Kier molecular flexibility index (Phi) is 9.46. The predicted molar refractivity (Wildman–Crippen MR) is 151 cm³/mol. The van der Waals surface area contributed by atoms with E-state index in [9.17, 15) is 9.90 Å². The van der Waals surface area contributed by atoms with E-state index in [0.29, 0.717) is 37.2 Å². The van der Waals surface area contributed by atoms with Crippen LogP contribution < -0.4 is 26.6 Å². The standard InChI is InChI=1S/C28H43N9O2/c1-2-20-15-29-9-6-22(20)16-32-28(39)21-4-3-5-23(14-21)31-17-26-34-35-27(25-7-10-30-19-33-25)37(26)13-12-36-11-8-24(38)18-36/h3-5,7,10,14,20,22,24-25,29-31,33,38H,2,6,8-9,11-13,15-19H2,1H3,(H,32,39)/t20?,22?,24-,25?/m1/s1. The molecule has 0 bridgehead atoms. The fourth-order valence-corrected chi connectivity index (χ4v) is 5.85. The molecule has 2 fully saturated rings. The molecule has 11 heteroatoms. The first-order valence-corrected chi connectivity index (χ1v) is 14.4. The van der Waals surface area contributed by atoms with Gasteiger partial charge in [-0.1, -0.05) is 19.4 Å². The van der Waals surface area contributed by atoms with Gasteiger partial charge >= 0.3 is 0 Å². The molecule has 4 atom stereocenters. The Bertz CT molecular complexity index is 1120. The number of carbonyl (C=O) groups excluding carboxylic acids is 1. The van der Waals surface area contributed by atoms with E-state index in [0.717, 1.165) is 75.9 Å². The van der Waals surface area contributed by atoms with Gasteiger partial charge in [0.15, 0.2) is 11.6 Å². The summed E-state index contributed by atoms with van der Waals surface area (Å²) in [6.07, 6.45) is 6.81. The highest BCUT2D eigenvalue weighted by molar-refractivity contribution is 5.95. The first kappa shape index (κ1) is 27.6. The van der Waals surface area contributed by atoms with Gasteiger partial charge in [-0.2, -0.15) is 0 Å². The van der Waals surface area contributed by atoms with Crippen molar-refractivity contribution in [1.29, 1.82) is 0 Å². The van der Waals surface area contributed by atoms with Gasteiger partial charge in [0.05, 0.1) is 25.4 Å². The van der Waals surface area contributed by atoms with Crippen LogP contribution in [-0.2, 0) is 13.1 Å². The van der Waals surface area contributed by atoms with Gasteiger partial charge < -0.3 is 30.9 Å². The summed E-state index contributed by atoms with van der Waals surface area (Å²) in [4.78, 5) is 15.2. The van der Waals surface area contributed by atoms with E-state index in [1.54, 1.807) is 0 Å². The first-order chi connectivity index (χ1) is 19.1. The minimum Gasteiger partial charge on any atom is -0.392 e. The number of hydrogen-bond donors (Lipinski definition) is 6. The van der Waals surface area contributed by atoms with Gasteiger partial charge in [-0.25, -0.2) is 0 Å². The number of aromatic nitrogens is 3. The fourth-order valence-electron chi connectivity index (χ4n) is 5.85. The highest BCUT2D eigenvalue weighted by Crippen LogP contribution is 2.22. The summed E-state index contributed by atoms with van der Waals surface area (Å²) in [6.45, 7) is 9.34. The van der Waals surface area contributed by atoms with Crippen LogP contribution in [0.15, 0.2) is 36.5 Å². The van der Waals surface area contributed by atoms with Crippen LogP contribution in [0.2, 0.25) is 0 Å². The predicted octanol–water partition coefficient (Wildman–Crippen LogP) is 1.03. The van der Waals surface area contributed by atoms with E-state index >= 15 is 0 Å². The maximum Gasteiger partial charge on any atom is 0.251 e. The van der Waals surface area contributed by atoms with Crippen LogP contribution in [0.1, 0.15) is 54.2 Å².